The molecule has 0 aliphatic carbocycles. The number of aromatic nitrogens is 2. The zero-order valence-corrected chi connectivity index (χ0v) is 16.9. The third-order valence-corrected chi connectivity index (χ3v) is 6.38. The molecule has 2 aromatic heterocycles. The summed E-state index contributed by atoms with van der Waals surface area (Å²) >= 11 is 3.20. The fourth-order valence-electron chi connectivity index (χ4n) is 2.88. The van der Waals surface area contributed by atoms with Gasteiger partial charge in [-0.05, 0) is 37.3 Å². The molecule has 0 unspecified atom stereocenters. The predicted molar refractivity (Wildman–Crippen MR) is 115 cm³/mol. The number of thiazole rings is 1. The smallest absolute Gasteiger partial charge is 0.256 e. The van der Waals surface area contributed by atoms with E-state index in [2.05, 4.69) is 10.3 Å². The molecule has 28 heavy (non-hydrogen) atoms. The SMILES string of the molecule is Cc1csc(Sc2ccc(NC(=O)c3cc(=O)n(C)c4ccccc34)cc2)n1. The van der Waals surface area contributed by atoms with E-state index in [9.17, 15) is 9.59 Å². The van der Waals surface area contributed by atoms with Crippen molar-refractivity contribution >= 4 is 45.6 Å². The van der Waals surface area contributed by atoms with Crippen LogP contribution in [0.1, 0.15) is 16.1 Å². The predicted octanol–water partition coefficient (Wildman–Crippen LogP) is 4.71. The minimum absolute atomic E-state index is 0.214. The highest BCUT2D eigenvalue weighted by Gasteiger charge is 2.13. The fraction of sp³-hybridized carbons (Fsp3) is 0.0952. The molecule has 0 fully saturated rings. The maximum absolute atomic E-state index is 12.8. The Kier molecular flexibility index (Phi) is 5.02. The molecule has 0 radical (unpaired) electrons. The maximum atomic E-state index is 12.8. The summed E-state index contributed by atoms with van der Waals surface area (Å²) in [7, 11) is 1.70. The first-order valence-corrected chi connectivity index (χ1v) is 10.3. The summed E-state index contributed by atoms with van der Waals surface area (Å²) in [6.07, 6.45) is 0. The summed E-state index contributed by atoms with van der Waals surface area (Å²) in [5, 5.41) is 5.65. The molecule has 1 amide bonds. The summed E-state index contributed by atoms with van der Waals surface area (Å²) in [5.41, 5.74) is 2.57. The van der Waals surface area contributed by atoms with Gasteiger partial charge in [-0.2, -0.15) is 0 Å². The van der Waals surface area contributed by atoms with E-state index < -0.39 is 0 Å². The Bertz CT molecular complexity index is 1230. The molecular formula is C21H17N3O2S2. The number of hydrogen-bond acceptors (Lipinski definition) is 5. The number of carbonyl (C=O) groups excluding carboxylic acids is 1. The normalized spacial score (nSPS) is 10.9. The molecule has 4 rings (SSSR count). The van der Waals surface area contributed by atoms with Crippen LogP contribution in [-0.4, -0.2) is 15.5 Å². The van der Waals surface area contributed by atoms with Crippen molar-refractivity contribution in [1.82, 2.24) is 9.55 Å². The van der Waals surface area contributed by atoms with Crippen molar-refractivity contribution in [1.29, 1.82) is 0 Å². The lowest BCUT2D eigenvalue weighted by Crippen LogP contribution is -2.21. The largest absolute Gasteiger partial charge is 0.322 e. The lowest BCUT2D eigenvalue weighted by atomic mass is 10.1. The van der Waals surface area contributed by atoms with E-state index in [1.165, 1.54) is 6.07 Å². The Hall–Kier alpha value is -2.90. The minimum atomic E-state index is -0.301. The van der Waals surface area contributed by atoms with Crippen LogP contribution in [0.4, 0.5) is 5.69 Å². The first kappa shape index (κ1) is 18.5. The van der Waals surface area contributed by atoms with E-state index >= 15 is 0 Å². The molecule has 0 atom stereocenters. The van der Waals surface area contributed by atoms with Crippen molar-refractivity contribution < 1.29 is 4.79 Å². The maximum Gasteiger partial charge on any atom is 0.256 e. The number of nitrogens with one attached hydrogen (secondary N) is 1. The molecule has 0 aliphatic rings. The van der Waals surface area contributed by atoms with E-state index in [1.807, 2.05) is 60.8 Å². The van der Waals surface area contributed by atoms with Crippen molar-refractivity contribution in [3.8, 4) is 0 Å². The Morgan fingerprint density at radius 1 is 1.14 bits per heavy atom. The highest BCUT2D eigenvalue weighted by atomic mass is 32.2. The third-order valence-electron chi connectivity index (χ3n) is 4.31. The second kappa shape index (κ2) is 7.61. The Balaban J connectivity index is 1.56. The quantitative estimate of drug-likeness (QED) is 0.532. The summed E-state index contributed by atoms with van der Waals surface area (Å²) < 4.78 is 2.53. The lowest BCUT2D eigenvalue weighted by Gasteiger charge is -2.11. The van der Waals surface area contributed by atoms with E-state index in [4.69, 9.17) is 0 Å². The van der Waals surface area contributed by atoms with Gasteiger partial charge in [-0.1, -0.05) is 30.0 Å². The van der Waals surface area contributed by atoms with Crippen molar-refractivity contribution in [3.05, 3.63) is 81.6 Å². The number of para-hydroxylation sites is 1. The Morgan fingerprint density at radius 3 is 2.61 bits per heavy atom. The van der Waals surface area contributed by atoms with Crippen LogP contribution in [0.5, 0.6) is 0 Å². The van der Waals surface area contributed by atoms with Gasteiger partial charge in [-0.3, -0.25) is 9.59 Å². The number of nitrogens with zero attached hydrogens (tertiary/aromatic N) is 2. The number of carbonyl (C=O) groups is 1. The van der Waals surface area contributed by atoms with Gasteiger partial charge in [0, 0.05) is 40.2 Å². The topological polar surface area (TPSA) is 64.0 Å². The van der Waals surface area contributed by atoms with Gasteiger partial charge in [0.2, 0.25) is 0 Å². The van der Waals surface area contributed by atoms with Gasteiger partial charge < -0.3 is 9.88 Å². The molecule has 0 saturated carbocycles. The summed E-state index contributed by atoms with van der Waals surface area (Å²) in [5.74, 6) is -0.301. The molecule has 1 N–H and O–H groups in total. The number of rotatable bonds is 4. The van der Waals surface area contributed by atoms with Crippen LogP contribution in [0.2, 0.25) is 0 Å². The number of anilines is 1. The van der Waals surface area contributed by atoms with Gasteiger partial charge >= 0.3 is 0 Å². The van der Waals surface area contributed by atoms with Crippen LogP contribution < -0.4 is 10.9 Å². The van der Waals surface area contributed by atoms with Crippen LogP contribution in [0.15, 0.2) is 74.0 Å². The number of fused-ring (bicyclic) bond motifs is 1. The van der Waals surface area contributed by atoms with Crippen LogP contribution >= 0.6 is 23.1 Å². The van der Waals surface area contributed by atoms with E-state index in [-0.39, 0.29) is 11.5 Å². The molecular weight excluding hydrogens is 390 g/mol. The second-order valence-corrected chi connectivity index (χ2v) is 8.49. The third kappa shape index (κ3) is 3.72. The summed E-state index contributed by atoms with van der Waals surface area (Å²) in [6, 6.07) is 16.4. The highest BCUT2D eigenvalue weighted by Crippen LogP contribution is 2.31. The second-order valence-electron chi connectivity index (χ2n) is 6.31. The summed E-state index contributed by atoms with van der Waals surface area (Å²) in [4.78, 5) is 30.5. The average Bonchev–Trinajstić information content (AvgIpc) is 3.11. The van der Waals surface area contributed by atoms with Crippen molar-refractivity contribution in [2.24, 2.45) is 7.05 Å². The average molecular weight is 408 g/mol. The molecule has 0 saturated heterocycles. The molecule has 0 spiro atoms. The number of aryl methyl sites for hydroxylation is 2. The first-order valence-electron chi connectivity index (χ1n) is 8.61. The van der Waals surface area contributed by atoms with Crippen LogP contribution in [0.25, 0.3) is 10.9 Å². The van der Waals surface area contributed by atoms with Gasteiger partial charge in [-0.25, -0.2) is 4.98 Å². The molecule has 140 valence electrons. The highest BCUT2D eigenvalue weighted by molar-refractivity contribution is 8.01. The Morgan fingerprint density at radius 2 is 1.89 bits per heavy atom. The zero-order chi connectivity index (χ0) is 19.7. The molecule has 0 bridgehead atoms. The molecule has 5 nitrogen and oxygen atoms in total. The monoisotopic (exact) mass is 407 g/mol. The van der Waals surface area contributed by atoms with Gasteiger partial charge in [0.25, 0.3) is 11.5 Å². The van der Waals surface area contributed by atoms with Gasteiger partial charge in [0.1, 0.15) is 0 Å². The number of benzene rings is 2. The molecule has 2 heterocycles. The van der Waals surface area contributed by atoms with Gasteiger partial charge in [-0.15, -0.1) is 11.3 Å². The van der Waals surface area contributed by atoms with Crippen LogP contribution in [0, 0.1) is 6.92 Å². The fourth-order valence-corrected chi connectivity index (χ4v) is 4.69. The number of pyridine rings is 1. The van der Waals surface area contributed by atoms with Crippen LogP contribution in [0.3, 0.4) is 0 Å². The molecule has 0 aliphatic heterocycles. The lowest BCUT2D eigenvalue weighted by molar-refractivity contribution is 0.102. The van der Waals surface area contributed by atoms with Crippen molar-refractivity contribution in [2.45, 2.75) is 16.2 Å². The molecule has 2 aromatic carbocycles. The number of hydrogen-bond donors (Lipinski definition) is 1. The zero-order valence-electron chi connectivity index (χ0n) is 15.3. The van der Waals surface area contributed by atoms with E-state index in [0.717, 1.165) is 25.8 Å². The number of amides is 1. The summed E-state index contributed by atoms with van der Waals surface area (Å²) in [6.45, 7) is 1.97. The Labute approximate surface area is 170 Å². The van der Waals surface area contributed by atoms with Gasteiger partial charge in [0.15, 0.2) is 4.34 Å². The van der Waals surface area contributed by atoms with Crippen LogP contribution in [-0.2, 0) is 7.05 Å². The molecule has 7 heteroatoms. The standard InChI is InChI=1S/C21H17N3O2S2/c1-13-12-27-21(22-13)28-15-9-7-14(8-10-15)23-20(26)17-11-19(25)24(2)18-6-4-3-5-16(17)18/h3-12H,1-2H3,(H,23,26). The molecule has 4 aromatic rings. The van der Waals surface area contributed by atoms with Gasteiger partial charge in [0.05, 0.1) is 11.1 Å². The van der Waals surface area contributed by atoms with Crippen molar-refractivity contribution in [2.75, 3.05) is 5.32 Å². The van der Waals surface area contributed by atoms with Crippen molar-refractivity contribution in [3.63, 3.8) is 0 Å². The van der Waals surface area contributed by atoms with E-state index in [0.29, 0.717) is 11.3 Å². The first-order chi connectivity index (χ1) is 13.5. The van der Waals surface area contributed by atoms with E-state index in [1.54, 1.807) is 34.7 Å². The minimum Gasteiger partial charge on any atom is -0.322 e.